The van der Waals surface area contributed by atoms with Crippen LogP contribution in [-0.2, 0) is 19.5 Å². The van der Waals surface area contributed by atoms with E-state index in [9.17, 15) is 0 Å². The lowest BCUT2D eigenvalue weighted by molar-refractivity contribution is 0.483. The van der Waals surface area contributed by atoms with Gasteiger partial charge in [-0.25, -0.2) is 0 Å². The average Bonchev–Trinajstić information content (AvgIpc) is 3.12. The van der Waals surface area contributed by atoms with E-state index in [2.05, 4.69) is 52.1 Å². The van der Waals surface area contributed by atoms with Crippen molar-refractivity contribution in [3.05, 3.63) is 29.6 Å². The van der Waals surface area contributed by atoms with E-state index in [1.165, 1.54) is 18.4 Å². The van der Waals surface area contributed by atoms with E-state index in [4.69, 9.17) is 0 Å². The Labute approximate surface area is 125 Å². The largest absolute Gasteiger partial charge is 0.314 e. The molecule has 0 saturated heterocycles. The highest BCUT2D eigenvalue weighted by molar-refractivity contribution is 5.10. The number of aromatic nitrogens is 5. The molecule has 0 saturated carbocycles. The van der Waals surface area contributed by atoms with Crippen LogP contribution in [0.15, 0.2) is 12.4 Å². The van der Waals surface area contributed by atoms with Crippen LogP contribution in [0, 0.1) is 0 Å². The first kappa shape index (κ1) is 14.3. The van der Waals surface area contributed by atoms with Crippen LogP contribution >= 0.6 is 0 Å². The van der Waals surface area contributed by atoms with Crippen molar-refractivity contribution in [3.8, 4) is 0 Å². The zero-order valence-electron chi connectivity index (χ0n) is 13.1. The lowest BCUT2D eigenvalue weighted by Gasteiger charge is -2.16. The third kappa shape index (κ3) is 3.00. The molecule has 1 N–H and O–H groups in total. The Hall–Kier alpha value is -1.69. The van der Waals surface area contributed by atoms with E-state index in [1.807, 2.05) is 10.9 Å². The summed E-state index contributed by atoms with van der Waals surface area (Å²) in [5.74, 6) is 2.19. The summed E-state index contributed by atoms with van der Waals surface area (Å²) in [6.45, 7) is 8.24. The minimum Gasteiger partial charge on any atom is -0.314 e. The van der Waals surface area contributed by atoms with Gasteiger partial charge < -0.3 is 9.88 Å². The number of nitrogens with zero attached hydrogens (tertiary/aromatic N) is 5. The number of rotatable bonds is 5. The molecule has 0 bridgehead atoms. The third-order valence-corrected chi connectivity index (χ3v) is 4.15. The number of nitrogens with one attached hydrogen (secondary N) is 1. The summed E-state index contributed by atoms with van der Waals surface area (Å²) in [5, 5.41) is 16.5. The maximum absolute atomic E-state index is 4.40. The summed E-state index contributed by atoms with van der Waals surface area (Å²) in [4.78, 5) is 0. The van der Waals surface area contributed by atoms with Crippen LogP contribution < -0.4 is 5.32 Å². The monoisotopic (exact) mass is 288 g/mol. The highest BCUT2D eigenvalue weighted by Crippen LogP contribution is 2.16. The summed E-state index contributed by atoms with van der Waals surface area (Å²) >= 11 is 0. The van der Waals surface area contributed by atoms with Crippen LogP contribution in [0.4, 0.5) is 0 Å². The second-order valence-electron chi connectivity index (χ2n) is 6.09. The number of fused-ring (bicyclic) bond motifs is 1. The second kappa shape index (κ2) is 5.97. The van der Waals surface area contributed by atoms with Gasteiger partial charge in [0.25, 0.3) is 0 Å². The maximum Gasteiger partial charge on any atom is 0.147 e. The van der Waals surface area contributed by atoms with Gasteiger partial charge in [0.05, 0.1) is 12.7 Å². The second-order valence-corrected chi connectivity index (χ2v) is 6.09. The first-order valence-corrected chi connectivity index (χ1v) is 7.83. The van der Waals surface area contributed by atoms with E-state index in [1.54, 1.807) is 0 Å². The lowest BCUT2D eigenvalue weighted by atomic mass is 10.1. The van der Waals surface area contributed by atoms with Gasteiger partial charge in [-0.3, -0.25) is 4.68 Å². The van der Waals surface area contributed by atoms with E-state index in [0.717, 1.165) is 31.2 Å². The van der Waals surface area contributed by atoms with Gasteiger partial charge in [0.15, 0.2) is 0 Å². The van der Waals surface area contributed by atoms with E-state index in [0.29, 0.717) is 6.04 Å². The Bertz CT molecular complexity index is 597. The molecular formula is C15H24N6. The smallest absolute Gasteiger partial charge is 0.147 e. The summed E-state index contributed by atoms with van der Waals surface area (Å²) in [5.41, 5.74) is 1.21. The molecule has 2 aromatic heterocycles. The first-order valence-electron chi connectivity index (χ1n) is 7.83. The number of hydrogen-bond donors (Lipinski definition) is 1. The summed E-state index contributed by atoms with van der Waals surface area (Å²) in [6, 6.07) is 0.656. The molecule has 0 unspecified atom stereocenters. The fraction of sp³-hybridized carbons (Fsp3) is 0.667. The van der Waals surface area contributed by atoms with Crippen molar-refractivity contribution in [3.63, 3.8) is 0 Å². The molecule has 6 heteroatoms. The van der Waals surface area contributed by atoms with Gasteiger partial charge in [0.2, 0.25) is 0 Å². The molecule has 0 spiro atoms. The van der Waals surface area contributed by atoms with Crippen molar-refractivity contribution in [1.82, 2.24) is 29.9 Å². The van der Waals surface area contributed by atoms with Crippen LogP contribution in [0.2, 0.25) is 0 Å². The molecule has 3 heterocycles. The molecule has 3 rings (SSSR count). The molecule has 0 aliphatic carbocycles. The molecule has 6 nitrogen and oxygen atoms in total. The predicted octanol–water partition coefficient (Wildman–Crippen LogP) is 2.24. The van der Waals surface area contributed by atoms with E-state index >= 15 is 0 Å². The zero-order valence-corrected chi connectivity index (χ0v) is 13.1. The molecule has 1 aliphatic rings. The van der Waals surface area contributed by atoms with Gasteiger partial charge in [-0.05, 0) is 33.6 Å². The Morgan fingerprint density at radius 2 is 2.10 bits per heavy atom. The zero-order chi connectivity index (χ0) is 14.8. The Balaban J connectivity index is 1.62. The average molecular weight is 288 g/mol. The van der Waals surface area contributed by atoms with Crippen LogP contribution in [0.25, 0.3) is 0 Å². The standard InChI is InChI=1S/C15H24N6/c1-11(2)21-10-13(8-17-21)12(3)16-9-15-19-18-14-6-4-5-7-20(14)15/h8,10-12,16H,4-7,9H2,1-3H3/t12-/m0/s1. The third-order valence-electron chi connectivity index (χ3n) is 4.15. The summed E-state index contributed by atoms with van der Waals surface area (Å²) in [7, 11) is 0. The Kier molecular flexibility index (Phi) is 4.05. The fourth-order valence-corrected chi connectivity index (χ4v) is 2.72. The molecule has 2 aromatic rings. The van der Waals surface area contributed by atoms with Crippen molar-refractivity contribution in [2.45, 2.75) is 65.2 Å². The normalized spacial score (nSPS) is 16.2. The minimum atomic E-state index is 0.258. The Morgan fingerprint density at radius 3 is 2.86 bits per heavy atom. The van der Waals surface area contributed by atoms with Crippen molar-refractivity contribution in [2.24, 2.45) is 0 Å². The molecule has 0 aromatic carbocycles. The van der Waals surface area contributed by atoms with Crippen LogP contribution in [0.5, 0.6) is 0 Å². The molecule has 1 aliphatic heterocycles. The van der Waals surface area contributed by atoms with Crippen molar-refractivity contribution >= 4 is 0 Å². The SMILES string of the molecule is CC(C)n1cc([C@H](C)NCc2nnc3n2CCCC3)cn1. The van der Waals surface area contributed by atoms with E-state index < -0.39 is 0 Å². The van der Waals surface area contributed by atoms with Gasteiger partial charge >= 0.3 is 0 Å². The fourth-order valence-electron chi connectivity index (χ4n) is 2.72. The quantitative estimate of drug-likeness (QED) is 0.916. The van der Waals surface area contributed by atoms with Gasteiger partial charge in [-0.2, -0.15) is 5.10 Å². The van der Waals surface area contributed by atoms with Gasteiger partial charge in [-0.15, -0.1) is 10.2 Å². The van der Waals surface area contributed by atoms with Gasteiger partial charge in [0, 0.05) is 36.8 Å². The summed E-state index contributed by atoms with van der Waals surface area (Å²) < 4.78 is 4.26. The van der Waals surface area contributed by atoms with E-state index in [-0.39, 0.29) is 6.04 Å². The number of aryl methyl sites for hydroxylation is 1. The Morgan fingerprint density at radius 1 is 1.24 bits per heavy atom. The minimum absolute atomic E-state index is 0.258. The highest BCUT2D eigenvalue weighted by Gasteiger charge is 2.16. The molecular weight excluding hydrogens is 264 g/mol. The van der Waals surface area contributed by atoms with Gasteiger partial charge in [-0.1, -0.05) is 0 Å². The molecule has 21 heavy (non-hydrogen) atoms. The molecule has 114 valence electrons. The van der Waals surface area contributed by atoms with Crippen molar-refractivity contribution in [1.29, 1.82) is 0 Å². The van der Waals surface area contributed by atoms with Gasteiger partial charge in [0.1, 0.15) is 11.6 Å². The molecule has 0 radical (unpaired) electrons. The molecule has 0 fully saturated rings. The van der Waals surface area contributed by atoms with Crippen LogP contribution in [-0.4, -0.2) is 24.5 Å². The topological polar surface area (TPSA) is 60.6 Å². The van der Waals surface area contributed by atoms with Crippen molar-refractivity contribution < 1.29 is 0 Å². The number of hydrogen-bond acceptors (Lipinski definition) is 4. The lowest BCUT2D eigenvalue weighted by Crippen LogP contribution is -2.22. The van der Waals surface area contributed by atoms with Crippen LogP contribution in [0.3, 0.4) is 0 Å². The predicted molar refractivity (Wildman–Crippen MR) is 80.8 cm³/mol. The van der Waals surface area contributed by atoms with Crippen molar-refractivity contribution in [2.75, 3.05) is 0 Å². The van der Waals surface area contributed by atoms with Crippen LogP contribution in [0.1, 0.15) is 62.9 Å². The molecule has 0 amide bonds. The summed E-state index contributed by atoms with van der Waals surface area (Å²) in [6.07, 6.45) is 7.58. The first-order chi connectivity index (χ1) is 10.1. The molecule has 1 atom stereocenters. The maximum atomic E-state index is 4.40. The highest BCUT2D eigenvalue weighted by atomic mass is 15.3.